The van der Waals surface area contributed by atoms with Crippen LogP contribution in [-0.4, -0.2) is 23.7 Å². The summed E-state index contributed by atoms with van der Waals surface area (Å²) >= 11 is 7.96. The van der Waals surface area contributed by atoms with Gasteiger partial charge in [-0.05, 0) is 40.8 Å². The van der Waals surface area contributed by atoms with Crippen LogP contribution in [0.5, 0.6) is 0 Å². The van der Waals surface area contributed by atoms with E-state index in [0.29, 0.717) is 10.7 Å². The van der Waals surface area contributed by atoms with E-state index in [1.54, 1.807) is 18.2 Å². The van der Waals surface area contributed by atoms with Gasteiger partial charge in [-0.25, -0.2) is 4.79 Å². The fourth-order valence-electron chi connectivity index (χ4n) is 0.913. The molecule has 2 amide bonds. The Bertz CT molecular complexity index is 425. The van der Waals surface area contributed by atoms with E-state index in [1.165, 1.54) is 0 Å². The van der Waals surface area contributed by atoms with E-state index in [2.05, 4.69) is 33.2 Å². The summed E-state index contributed by atoms with van der Waals surface area (Å²) in [5, 5.41) is 13.4. The fraction of sp³-hybridized carbons (Fsp3) is 0.111. The Hall–Kier alpha value is -1.02. The van der Waals surface area contributed by atoms with Crippen molar-refractivity contribution in [3.8, 4) is 0 Å². The molecule has 0 bridgehead atoms. The number of nitrogens with one attached hydrogen (secondary N) is 2. The number of amides is 2. The number of carboxylic acid groups (broad SMARTS) is 1. The average molecular weight is 355 g/mol. The number of hydrogen-bond acceptors (Lipinski definition) is 2. The number of urea groups is 1. The van der Waals surface area contributed by atoms with Gasteiger partial charge in [0.15, 0.2) is 0 Å². The first-order valence-corrected chi connectivity index (χ1v) is 5.66. The molecule has 0 aromatic heterocycles. The van der Waals surface area contributed by atoms with Gasteiger partial charge in [0.1, 0.15) is 6.54 Å². The van der Waals surface area contributed by atoms with Gasteiger partial charge in [0.25, 0.3) is 0 Å². The van der Waals surface area contributed by atoms with Gasteiger partial charge in [-0.1, -0.05) is 11.6 Å². The zero-order chi connectivity index (χ0) is 12.1. The summed E-state index contributed by atoms with van der Waals surface area (Å²) in [4.78, 5) is 21.4. The monoisotopic (exact) mass is 354 g/mol. The van der Waals surface area contributed by atoms with Crippen LogP contribution < -0.4 is 10.6 Å². The average Bonchev–Trinajstić information content (AvgIpc) is 2.19. The van der Waals surface area contributed by atoms with Crippen LogP contribution in [0.15, 0.2) is 18.2 Å². The summed E-state index contributed by atoms with van der Waals surface area (Å²) in [5.41, 5.74) is 0.435. The lowest BCUT2D eigenvalue weighted by Gasteiger charge is -2.07. The number of carbonyl (C=O) groups excluding carboxylic acids is 1. The van der Waals surface area contributed by atoms with Gasteiger partial charge >= 0.3 is 12.0 Å². The van der Waals surface area contributed by atoms with Crippen molar-refractivity contribution < 1.29 is 14.7 Å². The maximum Gasteiger partial charge on any atom is 0.323 e. The quantitative estimate of drug-likeness (QED) is 0.728. The Morgan fingerprint density at radius 3 is 2.69 bits per heavy atom. The first kappa shape index (κ1) is 13.0. The number of carboxylic acids is 1. The van der Waals surface area contributed by atoms with Crippen molar-refractivity contribution >= 4 is 51.9 Å². The van der Waals surface area contributed by atoms with Crippen LogP contribution in [0, 0.1) is 3.57 Å². The second kappa shape index (κ2) is 5.90. The molecule has 0 atom stereocenters. The highest BCUT2D eigenvalue weighted by molar-refractivity contribution is 14.1. The molecule has 5 nitrogen and oxygen atoms in total. The number of benzene rings is 1. The SMILES string of the molecule is O=C(O)CNC(=O)Nc1ccc(I)cc1Cl. The van der Waals surface area contributed by atoms with E-state index >= 15 is 0 Å². The van der Waals surface area contributed by atoms with Gasteiger partial charge in [0.2, 0.25) is 0 Å². The van der Waals surface area contributed by atoms with Crippen molar-refractivity contribution in [2.45, 2.75) is 0 Å². The summed E-state index contributed by atoms with van der Waals surface area (Å²) in [6.07, 6.45) is 0. The van der Waals surface area contributed by atoms with Gasteiger partial charge in [-0.15, -0.1) is 0 Å². The van der Waals surface area contributed by atoms with E-state index in [0.717, 1.165) is 3.57 Å². The van der Waals surface area contributed by atoms with Gasteiger partial charge in [-0.3, -0.25) is 4.79 Å². The number of halogens is 2. The molecule has 0 aliphatic rings. The molecular formula is C9H8ClIN2O3. The van der Waals surface area contributed by atoms with Gasteiger partial charge in [-0.2, -0.15) is 0 Å². The predicted molar refractivity (Wildman–Crippen MR) is 68.8 cm³/mol. The van der Waals surface area contributed by atoms with Crippen molar-refractivity contribution in [3.63, 3.8) is 0 Å². The molecule has 1 aromatic rings. The zero-order valence-electron chi connectivity index (χ0n) is 7.96. The minimum atomic E-state index is -1.11. The van der Waals surface area contributed by atoms with Crippen molar-refractivity contribution in [3.05, 3.63) is 26.8 Å². The Morgan fingerprint density at radius 1 is 1.44 bits per heavy atom. The number of aliphatic carboxylic acids is 1. The van der Waals surface area contributed by atoms with Crippen LogP contribution in [0.4, 0.5) is 10.5 Å². The molecule has 0 fully saturated rings. The highest BCUT2D eigenvalue weighted by Gasteiger charge is 2.06. The molecule has 1 aromatic carbocycles. The molecule has 1 rings (SSSR count). The molecule has 0 aliphatic carbocycles. The highest BCUT2D eigenvalue weighted by atomic mass is 127. The largest absolute Gasteiger partial charge is 0.480 e. The lowest BCUT2D eigenvalue weighted by Crippen LogP contribution is -2.33. The standard InChI is InChI=1S/C9H8ClIN2O3/c10-6-3-5(11)1-2-7(6)13-9(16)12-4-8(14)15/h1-3H,4H2,(H,14,15)(H2,12,13,16). The van der Waals surface area contributed by atoms with Crippen molar-refractivity contribution in [1.82, 2.24) is 5.32 Å². The third-order valence-corrected chi connectivity index (χ3v) is 2.56. The predicted octanol–water partition coefficient (Wildman–Crippen LogP) is 2.15. The van der Waals surface area contributed by atoms with Gasteiger partial charge in [0, 0.05) is 3.57 Å². The van der Waals surface area contributed by atoms with Crippen LogP contribution in [0.25, 0.3) is 0 Å². The lowest BCUT2D eigenvalue weighted by molar-refractivity contribution is -0.135. The van der Waals surface area contributed by atoms with Crippen molar-refractivity contribution in [1.29, 1.82) is 0 Å². The van der Waals surface area contributed by atoms with Crippen LogP contribution in [0.1, 0.15) is 0 Å². The Kier molecular flexibility index (Phi) is 4.81. The van der Waals surface area contributed by atoms with E-state index in [-0.39, 0.29) is 0 Å². The minimum absolute atomic E-state index is 0.400. The molecule has 0 spiro atoms. The fourth-order valence-corrected chi connectivity index (χ4v) is 1.82. The number of carbonyl (C=O) groups is 2. The van der Waals surface area contributed by atoms with Gasteiger partial charge < -0.3 is 15.7 Å². The van der Waals surface area contributed by atoms with Crippen molar-refractivity contribution in [2.75, 3.05) is 11.9 Å². The topological polar surface area (TPSA) is 78.4 Å². The Labute approximate surface area is 110 Å². The molecule has 7 heteroatoms. The first-order valence-electron chi connectivity index (χ1n) is 4.20. The van der Waals surface area contributed by atoms with Gasteiger partial charge in [0.05, 0.1) is 10.7 Å². The van der Waals surface area contributed by atoms with E-state index in [4.69, 9.17) is 16.7 Å². The smallest absolute Gasteiger partial charge is 0.323 e. The summed E-state index contributed by atoms with van der Waals surface area (Å²) in [7, 11) is 0. The van der Waals surface area contributed by atoms with E-state index < -0.39 is 18.5 Å². The summed E-state index contributed by atoms with van der Waals surface area (Å²) < 4.78 is 0.944. The Balaban J connectivity index is 2.59. The summed E-state index contributed by atoms with van der Waals surface area (Å²) in [6, 6.07) is 4.50. The molecule has 3 N–H and O–H groups in total. The van der Waals surface area contributed by atoms with Crippen LogP contribution in [0.2, 0.25) is 5.02 Å². The lowest BCUT2D eigenvalue weighted by atomic mass is 10.3. The number of anilines is 1. The molecule has 0 aliphatic heterocycles. The molecule has 0 heterocycles. The van der Waals surface area contributed by atoms with E-state index in [9.17, 15) is 9.59 Å². The molecule has 86 valence electrons. The summed E-state index contributed by atoms with van der Waals surface area (Å²) in [5.74, 6) is -1.11. The molecular weight excluding hydrogens is 346 g/mol. The van der Waals surface area contributed by atoms with Crippen LogP contribution in [0.3, 0.4) is 0 Å². The zero-order valence-corrected chi connectivity index (χ0v) is 10.9. The van der Waals surface area contributed by atoms with Crippen LogP contribution in [-0.2, 0) is 4.79 Å². The first-order chi connectivity index (χ1) is 7.49. The molecule has 0 saturated heterocycles. The second-order valence-electron chi connectivity index (χ2n) is 2.83. The molecule has 0 saturated carbocycles. The number of hydrogen-bond donors (Lipinski definition) is 3. The minimum Gasteiger partial charge on any atom is -0.480 e. The van der Waals surface area contributed by atoms with E-state index in [1.807, 2.05) is 0 Å². The summed E-state index contributed by atoms with van der Waals surface area (Å²) in [6.45, 7) is -0.437. The highest BCUT2D eigenvalue weighted by Crippen LogP contribution is 2.23. The normalized spacial score (nSPS) is 9.62. The third kappa shape index (κ3) is 4.23. The number of rotatable bonds is 3. The molecule has 0 unspecified atom stereocenters. The second-order valence-corrected chi connectivity index (χ2v) is 4.48. The maximum absolute atomic E-state index is 11.2. The Morgan fingerprint density at radius 2 is 2.12 bits per heavy atom. The molecule has 16 heavy (non-hydrogen) atoms. The molecule has 0 radical (unpaired) electrons. The maximum atomic E-state index is 11.2. The van der Waals surface area contributed by atoms with Crippen molar-refractivity contribution in [2.24, 2.45) is 0 Å². The third-order valence-electron chi connectivity index (χ3n) is 1.58. The van der Waals surface area contributed by atoms with Crippen LogP contribution >= 0.6 is 34.2 Å².